The number of aryl methyl sites for hydroxylation is 2. The first-order valence-electron chi connectivity index (χ1n) is 10.9. The number of carbonyl (C=O) groups excluding carboxylic acids is 3. The first-order chi connectivity index (χ1) is 15.8. The van der Waals surface area contributed by atoms with Crippen LogP contribution in [0.15, 0.2) is 36.4 Å². The topological polar surface area (TPSA) is 103 Å². The average molecular weight is 455 g/mol. The van der Waals surface area contributed by atoms with Gasteiger partial charge in [0.15, 0.2) is 6.61 Å². The molecule has 8 nitrogen and oxygen atoms in total. The van der Waals surface area contributed by atoms with Crippen molar-refractivity contribution in [3.05, 3.63) is 53.1 Å². The third-order valence-electron chi connectivity index (χ3n) is 5.55. The standard InChI is InChI=1S/C25H30N2O6/c1-15(2)23(27-24(29)18-11-20(31-3)13-21(12-18)32-4)25(30)33-14-22(28)26-19-9-8-16-6-5-7-17(16)10-19/h8-13,15,23H,5-7,14H2,1-4H3,(H,26,28)(H,27,29)/t23-/m1/s1. The summed E-state index contributed by atoms with van der Waals surface area (Å²) >= 11 is 0. The molecule has 176 valence electrons. The number of hydrogen-bond acceptors (Lipinski definition) is 6. The second-order valence-electron chi connectivity index (χ2n) is 8.29. The van der Waals surface area contributed by atoms with Crippen molar-refractivity contribution >= 4 is 23.5 Å². The SMILES string of the molecule is COc1cc(OC)cc(C(=O)N[C@@H](C(=O)OCC(=O)Nc2ccc3c(c2)CCC3)C(C)C)c1. The first kappa shape index (κ1) is 24.1. The third-order valence-corrected chi connectivity index (χ3v) is 5.55. The van der Waals surface area contributed by atoms with Gasteiger partial charge in [0.25, 0.3) is 11.8 Å². The zero-order chi connectivity index (χ0) is 24.0. The van der Waals surface area contributed by atoms with Gasteiger partial charge in [0.05, 0.1) is 14.2 Å². The molecule has 0 radical (unpaired) electrons. The Balaban J connectivity index is 1.58. The molecule has 1 atom stereocenters. The Hall–Kier alpha value is -3.55. The lowest BCUT2D eigenvalue weighted by Crippen LogP contribution is -2.46. The van der Waals surface area contributed by atoms with Crippen LogP contribution in [0.5, 0.6) is 11.5 Å². The highest BCUT2D eigenvalue weighted by molar-refractivity contribution is 5.98. The van der Waals surface area contributed by atoms with E-state index in [1.807, 2.05) is 18.2 Å². The smallest absolute Gasteiger partial charge is 0.329 e. The third kappa shape index (κ3) is 6.25. The Labute approximate surface area is 193 Å². The second kappa shape index (κ2) is 10.8. The van der Waals surface area contributed by atoms with Crippen molar-refractivity contribution < 1.29 is 28.6 Å². The predicted molar refractivity (Wildman–Crippen MR) is 124 cm³/mol. The molecule has 0 aliphatic heterocycles. The fourth-order valence-electron chi connectivity index (χ4n) is 3.73. The molecule has 8 heteroatoms. The van der Waals surface area contributed by atoms with Crippen molar-refractivity contribution in [2.24, 2.45) is 5.92 Å². The summed E-state index contributed by atoms with van der Waals surface area (Å²) in [5, 5.41) is 5.44. The van der Waals surface area contributed by atoms with Gasteiger partial charge in [0.2, 0.25) is 0 Å². The molecule has 0 aromatic heterocycles. The van der Waals surface area contributed by atoms with Gasteiger partial charge in [-0.2, -0.15) is 0 Å². The largest absolute Gasteiger partial charge is 0.497 e. The van der Waals surface area contributed by atoms with Crippen molar-refractivity contribution in [1.82, 2.24) is 5.32 Å². The van der Waals surface area contributed by atoms with Gasteiger partial charge in [-0.3, -0.25) is 9.59 Å². The van der Waals surface area contributed by atoms with Crippen LogP contribution < -0.4 is 20.1 Å². The molecule has 0 saturated heterocycles. The molecule has 2 aromatic carbocycles. The fourth-order valence-corrected chi connectivity index (χ4v) is 3.73. The Morgan fingerprint density at radius 2 is 1.61 bits per heavy atom. The molecule has 1 aliphatic carbocycles. The van der Waals surface area contributed by atoms with Gasteiger partial charge in [0, 0.05) is 17.3 Å². The number of ether oxygens (including phenoxy) is 3. The van der Waals surface area contributed by atoms with Gasteiger partial charge in [0.1, 0.15) is 17.5 Å². The summed E-state index contributed by atoms with van der Waals surface area (Å²) in [5.74, 6) is -0.957. The van der Waals surface area contributed by atoms with Crippen LogP contribution in [0, 0.1) is 5.92 Å². The van der Waals surface area contributed by atoms with Gasteiger partial charge in [-0.05, 0) is 60.6 Å². The van der Waals surface area contributed by atoms with Gasteiger partial charge in [-0.25, -0.2) is 4.79 Å². The Morgan fingerprint density at radius 3 is 2.24 bits per heavy atom. The summed E-state index contributed by atoms with van der Waals surface area (Å²) in [7, 11) is 2.97. The van der Waals surface area contributed by atoms with E-state index >= 15 is 0 Å². The molecule has 0 bridgehead atoms. The molecule has 2 amide bonds. The first-order valence-corrected chi connectivity index (χ1v) is 10.9. The molecule has 0 spiro atoms. The number of methoxy groups -OCH3 is 2. The molecule has 0 saturated carbocycles. The summed E-state index contributed by atoms with van der Waals surface area (Å²) in [6.07, 6.45) is 3.18. The number of amides is 2. The van der Waals surface area contributed by atoms with E-state index in [0.717, 1.165) is 19.3 Å². The van der Waals surface area contributed by atoms with Gasteiger partial charge in [-0.15, -0.1) is 0 Å². The van der Waals surface area contributed by atoms with Crippen LogP contribution in [-0.2, 0) is 27.2 Å². The fraction of sp³-hybridized carbons (Fsp3) is 0.400. The molecule has 1 aliphatic rings. The quantitative estimate of drug-likeness (QED) is 0.565. The van der Waals surface area contributed by atoms with E-state index in [1.54, 1.807) is 32.0 Å². The summed E-state index contributed by atoms with van der Waals surface area (Å²) in [6.45, 7) is 3.12. The molecule has 33 heavy (non-hydrogen) atoms. The maximum atomic E-state index is 12.8. The Morgan fingerprint density at radius 1 is 0.939 bits per heavy atom. The lowest BCUT2D eigenvalue weighted by molar-refractivity contribution is -0.150. The molecule has 0 fully saturated rings. The van der Waals surface area contributed by atoms with Crippen LogP contribution in [0.4, 0.5) is 5.69 Å². The normalized spacial score (nSPS) is 13.1. The van der Waals surface area contributed by atoms with Crippen LogP contribution in [0.2, 0.25) is 0 Å². The number of carbonyl (C=O) groups is 3. The van der Waals surface area contributed by atoms with E-state index < -0.39 is 30.4 Å². The average Bonchev–Trinajstić information content (AvgIpc) is 3.28. The molecule has 0 heterocycles. The Kier molecular flexibility index (Phi) is 7.92. The zero-order valence-corrected chi connectivity index (χ0v) is 19.4. The molecular weight excluding hydrogens is 424 g/mol. The number of benzene rings is 2. The van der Waals surface area contributed by atoms with Gasteiger partial charge in [-0.1, -0.05) is 19.9 Å². The highest BCUT2D eigenvalue weighted by Gasteiger charge is 2.27. The highest BCUT2D eigenvalue weighted by Crippen LogP contribution is 2.25. The number of fused-ring (bicyclic) bond motifs is 1. The van der Waals surface area contributed by atoms with Crippen LogP contribution in [0.3, 0.4) is 0 Å². The van der Waals surface area contributed by atoms with Crippen molar-refractivity contribution in [1.29, 1.82) is 0 Å². The Bertz CT molecular complexity index is 1010. The molecular formula is C25H30N2O6. The lowest BCUT2D eigenvalue weighted by Gasteiger charge is -2.21. The van der Waals surface area contributed by atoms with Crippen molar-refractivity contribution in [2.75, 3.05) is 26.1 Å². The summed E-state index contributed by atoms with van der Waals surface area (Å²) in [6, 6.07) is 9.63. The minimum Gasteiger partial charge on any atom is -0.497 e. The molecule has 2 N–H and O–H groups in total. The highest BCUT2D eigenvalue weighted by atomic mass is 16.5. The van der Waals surface area contributed by atoms with Crippen molar-refractivity contribution in [2.45, 2.75) is 39.2 Å². The van der Waals surface area contributed by atoms with E-state index in [0.29, 0.717) is 17.2 Å². The number of nitrogens with one attached hydrogen (secondary N) is 2. The second-order valence-corrected chi connectivity index (χ2v) is 8.29. The maximum Gasteiger partial charge on any atom is 0.329 e. The van der Waals surface area contributed by atoms with E-state index in [2.05, 4.69) is 10.6 Å². The van der Waals surface area contributed by atoms with E-state index in [-0.39, 0.29) is 11.5 Å². The van der Waals surface area contributed by atoms with Gasteiger partial charge >= 0.3 is 5.97 Å². The predicted octanol–water partition coefficient (Wildman–Crippen LogP) is 3.13. The molecule has 2 aromatic rings. The monoisotopic (exact) mass is 454 g/mol. The van der Waals surface area contributed by atoms with Gasteiger partial charge < -0.3 is 24.8 Å². The zero-order valence-electron chi connectivity index (χ0n) is 19.4. The number of esters is 1. The maximum absolute atomic E-state index is 12.8. The number of rotatable bonds is 9. The minimum atomic E-state index is -0.928. The van der Waals surface area contributed by atoms with Crippen LogP contribution in [0.25, 0.3) is 0 Å². The van der Waals surface area contributed by atoms with Crippen LogP contribution in [-0.4, -0.2) is 44.7 Å². The summed E-state index contributed by atoms with van der Waals surface area (Å²) in [4.78, 5) is 37.7. The van der Waals surface area contributed by atoms with Crippen molar-refractivity contribution in [3.8, 4) is 11.5 Å². The lowest BCUT2D eigenvalue weighted by atomic mass is 10.0. The van der Waals surface area contributed by atoms with E-state index in [1.165, 1.54) is 25.3 Å². The number of hydrogen-bond donors (Lipinski definition) is 2. The van der Waals surface area contributed by atoms with Crippen LogP contribution in [0.1, 0.15) is 41.8 Å². The molecule has 0 unspecified atom stereocenters. The van der Waals surface area contributed by atoms with E-state index in [4.69, 9.17) is 14.2 Å². The number of anilines is 1. The minimum absolute atomic E-state index is 0.256. The molecule has 3 rings (SSSR count). The summed E-state index contributed by atoms with van der Waals surface area (Å²) in [5.41, 5.74) is 3.50. The van der Waals surface area contributed by atoms with Crippen molar-refractivity contribution in [3.63, 3.8) is 0 Å². The van der Waals surface area contributed by atoms with Crippen LogP contribution >= 0.6 is 0 Å². The van der Waals surface area contributed by atoms with E-state index in [9.17, 15) is 14.4 Å². The summed E-state index contributed by atoms with van der Waals surface area (Å²) < 4.78 is 15.6.